The number of hydrogen-bond donors (Lipinski definition) is 1. The lowest BCUT2D eigenvalue weighted by molar-refractivity contribution is -0.116. The Kier molecular flexibility index (Phi) is 5.28. The lowest BCUT2D eigenvalue weighted by Gasteiger charge is -2.13. The maximum absolute atomic E-state index is 12.3. The van der Waals surface area contributed by atoms with E-state index in [1.807, 2.05) is 36.5 Å². The van der Waals surface area contributed by atoms with E-state index in [9.17, 15) is 9.59 Å². The van der Waals surface area contributed by atoms with E-state index in [4.69, 9.17) is 11.6 Å². The van der Waals surface area contributed by atoms with Crippen molar-refractivity contribution >= 4 is 40.0 Å². The maximum atomic E-state index is 12.3. The molecular weight excluding hydrogens is 350 g/mol. The summed E-state index contributed by atoms with van der Waals surface area (Å²) in [6.45, 7) is 0.580. The minimum absolute atomic E-state index is 0.117. The predicted molar refractivity (Wildman–Crippen MR) is 105 cm³/mol. The van der Waals surface area contributed by atoms with Crippen LogP contribution in [0.5, 0.6) is 0 Å². The molecule has 0 aliphatic heterocycles. The molecular formula is C20H20ClN3O2. The van der Waals surface area contributed by atoms with Gasteiger partial charge in [-0.05, 0) is 35.7 Å². The van der Waals surface area contributed by atoms with Crippen LogP contribution in [-0.2, 0) is 11.3 Å². The first-order valence-corrected chi connectivity index (χ1v) is 8.68. The average Bonchev–Trinajstić information content (AvgIpc) is 3.04. The van der Waals surface area contributed by atoms with E-state index >= 15 is 0 Å². The Hall–Kier alpha value is -2.79. The average molecular weight is 370 g/mol. The van der Waals surface area contributed by atoms with Gasteiger partial charge in [0.05, 0.1) is 10.6 Å². The summed E-state index contributed by atoms with van der Waals surface area (Å²) in [6, 6.07) is 15.0. The molecule has 3 rings (SSSR count). The molecule has 0 saturated carbocycles. The summed E-state index contributed by atoms with van der Waals surface area (Å²) < 4.78 is 2.05. The number of fused-ring (bicyclic) bond motifs is 1. The van der Waals surface area contributed by atoms with Gasteiger partial charge in [0.25, 0.3) is 5.91 Å². The highest BCUT2D eigenvalue weighted by Crippen LogP contribution is 2.22. The van der Waals surface area contributed by atoms with Crippen LogP contribution in [0.3, 0.4) is 0 Å². The van der Waals surface area contributed by atoms with Gasteiger partial charge in [0.2, 0.25) is 5.91 Å². The van der Waals surface area contributed by atoms with Crippen molar-refractivity contribution in [3.05, 3.63) is 65.3 Å². The Balaban J connectivity index is 1.67. The number of anilines is 1. The number of benzene rings is 2. The molecule has 134 valence electrons. The van der Waals surface area contributed by atoms with Crippen molar-refractivity contribution in [3.8, 4) is 0 Å². The number of rotatable bonds is 5. The SMILES string of the molecule is CN(C)C(=O)c1cc(NC(=O)CCn2ccc3ccccc32)ccc1Cl. The Labute approximate surface area is 157 Å². The number of halogens is 1. The van der Waals surface area contributed by atoms with Gasteiger partial charge in [-0.25, -0.2) is 0 Å². The number of nitrogens with one attached hydrogen (secondary N) is 1. The van der Waals surface area contributed by atoms with E-state index in [2.05, 4.69) is 9.88 Å². The van der Waals surface area contributed by atoms with Crippen LogP contribution in [0.15, 0.2) is 54.7 Å². The fraction of sp³-hybridized carbons (Fsp3) is 0.200. The minimum Gasteiger partial charge on any atom is -0.347 e. The molecule has 0 saturated heterocycles. The largest absolute Gasteiger partial charge is 0.347 e. The first-order chi connectivity index (χ1) is 12.5. The molecule has 1 aromatic heterocycles. The lowest BCUT2D eigenvalue weighted by Crippen LogP contribution is -2.22. The highest BCUT2D eigenvalue weighted by atomic mass is 35.5. The van der Waals surface area contributed by atoms with Gasteiger partial charge in [0.15, 0.2) is 0 Å². The van der Waals surface area contributed by atoms with Gasteiger partial charge in [0, 0.05) is 44.5 Å². The molecule has 0 bridgehead atoms. The van der Waals surface area contributed by atoms with Crippen LogP contribution < -0.4 is 5.32 Å². The molecule has 0 radical (unpaired) electrons. The number of carbonyl (C=O) groups excluding carboxylic acids is 2. The van der Waals surface area contributed by atoms with Crippen LogP contribution >= 0.6 is 11.6 Å². The number of para-hydroxylation sites is 1. The third kappa shape index (κ3) is 3.89. The van der Waals surface area contributed by atoms with E-state index in [0.29, 0.717) is 29.2 Å². The van der Waals surface area contributed by atoms with Crippen molar-refractivity contribution in [2.75, 3.05) is 19.4 Å². The molecule has 2 amide bonds. The van der Waals surface area contributed by atoms with Gasteiger partial charge in [0.1, 0.15) is 0 Å². The molecule has 1 N–H and O–H groups in total. The Bertz CT molecular complexity index is 963. The molecule has 0 aliphatic carbocycles. The van der Waals surface area contributed by atoms with Gasteiger partial charge < -0.3 is 14.8 Å². The van der Waals surface area contributed by atoms with Gasteiger partial charge >= 0.3 is 0 Å². The van der Waals surface area contributed by atoms with Crippen molar-refractivity contribution < 1.29 is 9.59 Å². The zero-order valence-electron chi connectivity index (χ0n) is 14.7. The topological polar surface area (TPSA) is 54.3 Å². The third-order valence-electron chi connectivity index (χ3n) is 4.15. The van der Waals surface area contributed by atoms with Crippen LogP contribution in [-0.4, -0.2) is 35.4 Å². The van der Waals surface area contributed by atoms with Gasteiger partial charge in [-0.3, -0.25) is 9.59 Å². The quantitative estimate of drug-likeness (QED) is 0.738. The number of hydrogen-bond acceptors (Lipinski definition) is 2. The summed E-state index contributed by atoms with van der Waals surface area (Å²) in [5.74, 6) is -0.321. The third-order valence-corrected chi connectivity index (χ3v) is 4.48. The normalized spacial score (nSPS) is 10.7. The van der Waals surface area contributed by atoms with Crippen molar-refractivity contribution in [2.24, 2.45) is 0 Å². The summed E-state index contributed by atoms with van der Waals surface area (Å²) in [4.78, 5) is 25.9. The van der Waals surface area contributed by atoms with Crippen LogP contribution in [0.25, 0.3) is 10.9 Å². The zero-order valence-corrected chi connectivity index (χ0v) is 15.5. The fourth-order valence-corrected chi connectivity index (χ4v) is 2.99. The van der Waals surface area contributed by atoms with E-state index in [1.165, 1.54) is 4.90 Å². The fourth-order valence-electron chi connectivity index (χ4n) is 2.79. The number of carbonyl (C=O) groups is 2. The van der Waals surface area contributed by atoms with Gasteiger partial charge in [-0.2, -0.15) is 0 Å². The van der Waals surface area contributed by atoms with E-state index in [0.717, 1.165) is 10.9 Å². The predicted octanol–water partition coefficient (Wildman–Crippen LogP) is 4.03. The summed E-state index contributed by atoms with van der Waals surface area (Å²) >= 11 is 6.09. The second-order valence-corrected chi connectivity index (χ2v) is 6.67. The molecule has 2 aromatic carbocycles. The Morgan fingerprint density at radius 3 is 2.65 bits per heavy atom. The molecule has 0 spiro atoms. The first kappa shape index (κ1) is 18.0. The summed E-state index contributed by atoms with van der Waals surface area (Å²) in [6.07, 6.45) is 2.31. The van der Waals surface area contributed by atoms with E-state index in [1.54, 1.807) is 32.3 Å². The van der Waals surface area contributed by atoms with Gasteiger partial charge in [-0.15, -0.1) is 0 Å². The zero-order chi connectivity index (χ0) is 18.7. The maximum Gasteiger partial charge on any atom is 0.254 e. The molecule has 0 fully saturated rings. The monoisotopic (exact) mass is 369 g/mol. The second-order valence-electron chi connectivity index (χ2n) is 6.26. The minimum atomic E-state index is -0.204. The van der Waals surface area contributed by atoms with E-state index in [-0.39, 0.29) is 11.8 Å². The van der Waals surface area contributed by atoms with Crippen LogP contribution in [0.4, 0.5) is 5.69 Å². The van der Waals surface area contributed by atoms with Crippen LogP contribution in [0, 0.1) is 0 Å². The first-order valence-electron chi connectivity index (χ1n) is 8.30. The second kappa shape index (κ2) is 7.62. The molecule has 6 heteroatoms. The van der Waals surface area contributed by atoms with Crippen LogP contribution in [0.1, 0.15) is 16.8 Å². The highest BCUT2D eigenvalue weighted by molar-refractivity contribution is 6.34. The van der Waals surface area contributed by atoms with Crippen LogP contribution in [0.2, 0.25) is 5.02 Å². The molecule has 1 heterocycles. The number of aromatic nitrogens is 1. The number of nitrogens with zero attached hydrogens (tertiary/aromatic N) is 2. The summed E-state index contributed by atoms with van der Waals surface area (Å²) in [5, 5.41) is 4.34. The molecule has 0 aliphatic rings. The van der Waals surface area contributed by atoms with Crippen molar-refractivity contribution in [3.63, 3.8) is 0 Å². The Morgan fingerprint density at radius 1 is 1.12 bits per heavy atom. The highest BCUT2D eigenvalue weighted by Gasteiger charge is 2.14. The standard InChI is InChI=1S/C20H20ClN3O2/c1-23(2)20(26)16-13-15(7-8-17(16)21)22-19(25)10-12-24-11-9-14-5-3-4-6-18(14)24/h3-9,11,13H,10,12H2,1-2H3,(H,22,25). The van der Waals surface area contributed by atoms with Crippen molar-refractivity contribution in [1.82, 2.24) is 9.47 Å². The van der Waals surface area contributed by atoms with E-state index < -0.39 is 0 Å². The summed E-state index contributed by atoms with van der Waals surface area (Å²) in [7, 11) is 3.32. The molecule has 5 nitrogen and oxygen atoms in total. The smallest absolute Gasteiger partial charge is 0.254 e. The number of amides is 2. The van der Waals surface area contributed by atoms with Gasteiger partial charge in [-0.1, -0.05) is 29.8 Å². The van der Waals surface area contributed by atoms with Crippen molar-refractivity contribution in [1.29, 1.82) is 0 Å². The Morgan fingerprint density at radius 2 is 1.88 bits per heavy atom. The summed E-state index contributed by atoms with van der Waals surface area (Å²) in [5.41, 5.74) is 2.03. The molecule has 3 aromatic rings. The molecule has 26 heavy (non-hydrogen) atoms. The molecule has 0 atom stereocenters. The van der Waals surface area contributed by atoms with Crippen molar-refractivity contribution in [2.45, 2.75) is 13.0 Å². The molecule has 0 unspecified atom stereocenters. The number of aryl methyl sites for hydroxylation is 1. The lowest BCUT2D eigenvalue weighted by atomic mass is 10.1.